The highest BCUT2D eigenvalue weighted by molar-refractivity contribution is 6.67. The van der Waals surface area contributed by atoms with Gasteiger partial charge in [-0.3, -0.25) is 0 Å². The molecule has 0 atom stereocenters. The lowest BCUT2D eigenvalue weighted by Crippen LogP contribution is -2.27. The smallest absolute Gasteiger partial charge is 0.427 e. The van der Waals surface area contributed by atoms with Crippen LogP contribution < -0.4 is 21.6 Å². The molecule has 0 bridgehead atoms. The zero-order chi connectivity index (χ0) is 28.2. The van der Waals surface area contributed by atoms with Gasteiger partial charge in [-0.25, -0.2) is 14.7 Å². The van der Waals surface area contributed by atoms with Gasteiger partial charge < -0.3 is 25.0 Å². The third-order valence-corrected chi connectivity index (χ3v) is 6.93. The van der Waals surface area contributed by atoms with Gasteiger partial charge in [0.1, 0.15) is 5.82 Å². The molecule has 6 rings (SSSR count). The molecular formula is C30H27B2N5O3. The Kier molecular flexibility index (Phi) is 7.86. The quantitative estimate of drug-likeness (QED) is 0.239. The molecule has 0 unspecified atom stereocenters. The summed E-state index contributed by atoms with van der Waals surface area (Å²) in [7, 11) is -0.822. The minimum Gasteiger partial charge on any atom is -0.427 e. The molecule has 8 nitrogen and oxygen atoms in total. The zero-order valence-corrected chi connectivity index (χ0v) is 22.5. The largest absolute Gasteiger partial charge is 0.491 e. The Hall–Kier alpha value is -4.60. The van der Waals surface area contributed by atoms with Gasteiger partial charge in [-0.05, 0) is 83.9 Å². The molecule has 1 aromatic heterocycles. The maximum absolute atomic E-state index is 9.57. The number of anilines is 4. The van der Waals surface area contributed by atoms with E-state index in [1.807, 2.05) is 50.2 Å². The SMILES string of the molecule is [C-]#[N+]c1ccc(Nc2ccc3c(c2)COB3C)cc1C.[C-]#[N+]c1ccc(Nc2ccc3c(c2)COB3O)nc1C. The second-order valence-electron chi connectivity index (χ2n) is 9.72. The molecule has 0 spiro atoms. The molecule has 2 aliphatic heterocycles. The molecule has 3 heterocycles. The number of nitrogens with zero attached hydrogens (tertiary/aromatic N) is 3. The van der Waals surface area contributed by atoms with Gasteiger partial charge in [0.25, 0.3) is 0 Å². The van der Waals surface area contributed by atoms with E-state index in [4.69, 9.17) is 22.5 Å². The lowest BCUT2D eigenvalue weighted by molar-refractivity contribution is 0.275. The fraction of sp³-hybridized carbons (Fsp3) is 0.167. The Balaban J connectivity index is 0.000000161. The van der Waals surface area contributed by atoms with E-state index in [0.29, 0.717) is 36.1 Å². The summed E-state index contributed by atoms with van der Waals surface area (Å²) in [6.45, 7) is 21.2. The van der Waals surface area contributed by atoms with E-state index >= 15 is 0 Å². The van der Waals surface area contributed by atoms with Crippen molar-refractivity contribution in [3.63, 3.8) is 0 Å². The number of fused-ring (bicyclic) bond motifs is 2. The number of hydrogen-bond acceptors (Lipinski definition) is 6. The minimum atomic E-state index is -0.822. The average molecular weight is 527 g/mol. The molecule has 0 fully saturated rings. The fourth-order valence-corrected chi connectivity index (χ4v) is 4.73. The van der Waals surface area contributed by atoms with Gasteiger partial charge in [-0.2, -0.15) is 0 Å². The van der Waals surface area contributed by atoms with Crippen LogP contribution in [-0.2, 0) is 22.5 Å². The number of rotatable bonds is 4. The van der Waals surface area contributed by atoms with Crippen LogP contribution in [0.2, 0.25) is 6.82 Å². The van der Waals surface area contributed by atoms with Crippen molar-refractivity contribution in [2.24, 2.45) is 0 Å². The number of pyridine rings is 1. The van der Waals surface area contributed by atoms with Gasteiger partial charge in [0.05, 0.1) is 26.4 Å². The highest BCUT2D eigenvalue weighted by atomic mass is 16.5. The maximum atomic E-state index is 9.57. The Morgan fingerprint density at radius 2 is 1.38 bits per heavy atom. The molecule has 196 valence electrons. The summed E-state index contributed by atoms with van der Waals surface area (Å²) in [6.07, 6.45) is 0. The Morgan fingerprint density at radius 1 is 0.775 bits per heavy atom. The van der Waals surface area contributed by atoms with Crippen molar-refractivity contribution < 1.29 is 14.3 Å². The van der Waals surface area contributed by atoms with Crippen LogP contribution >= 0.6 is 0 Å². The predicted molar refractivity (Wildman–Crippen MR) is 161 cm³/mol. The van der Waals surface area contributed by atoms with Gasteiger partial charge >= 0.3 is 14.0 Å². The van der Waals surface area contributed by atoms with Gasteiger partial charge in [-0.15, -0.1) is 0 Å². The van der Waals surface area contributed by atoms with Crippen LogP contribution in [0.25, 0.3) is 9.69 Å². The average Bonchev–Trinajstić information content (AvgIpc) is 3.50. The molecule has 3 N–H and O–H groups in total. The first-order valence-electron chi connectivity index (χ1n) is 12.9. The van der Waals surface area contributed by atoms with E-state index in [9.17, 15) is 5.02 Å². The molecule has 3 aromatic carbocycles. The molecule has 0 aliphatic carbocycles. The molecule has 0 radical (unpaired) electrons. The fourth-order valence-electron chi connectivity index (χ4n) is 4.73. The van der Waals surface area contributed by atoms with Crippen LogP contribution in [-0.4, -0.2) is 24.0 Å². The summed E-state index contributed by atoms with van der Waals surface area (Å²) in [5.41, 5.74) is 10.2. The van der Waals surface area contributed by atoms with E-state index in [1.165, 1.54) is 11.0 Å². The third-order valence-electron chi connectivity index (χ3n) is 6.93. The Labute approximate surface area is 234 Å². The summed E-state index contributed by atoms with van der Waals surface area (Å²) >= 11 is 0. The lowest BCUT2D eigenvalue weighted by atomic mass is 9.64. The summed E-state index contributed by atoms with van der Waals surface area (Å²) in [5.74, 6) is 0.689. The van der Waals surface area contributed by atoms with Crippen molar-refractivity contribution in [2.75, 3.05) is 10.6 Å². The van der Waals surface area contributed by atoms with Crippen LogP contribution in [0.4, 0.5) is 34.3 Å². The first-order valence-corrected chi connectivity index (χ1v) is 12.9. The molecular weight excluding hydrogens is 500 g/mol. The Bertz CT molecular complexity index is 1540. The van der Waals surface area contributed by atoms with Crippen molar-refractivity contribution in [3.8, 4) is 0 Å². The monoisotopic (exact) mass is 527 g/mol. The lowest BCUT2D eigenvalue weighted by Gasteiger charge is -2.10. The highest BCUT2D eigenvalue weighted by Gasteiger charge is 2.27. The molecule has 4 aromatic rings. The van der Waals surface area contributed by atoms with Crippen LogP contribution in [0.15, 0.2) is 66.7 Å². The maximum Gasteiger partial charge on any atom is 0.491 e. The van der Waals surface area contributed by atoms with Gasteiger partial charge in [0.2, 0.25) is 5.69 Å². The number of aryl methyl sites for hydroxylation is 2. The highest BCUT2D eigenvalue weighted by Crippen LogP contribution is 2.26. The summed E-state index contributed by atoms with van der Waals surface area (Å²) in [6, 6.07) is 21.3. The first-order chi connectivity index (χ1) is 19.3. The van der Waals surface area contributed by atoms with Gasteiger partial charge in [0, 0.05) is 22.8 Å². The predicted octanol–water partition coefficient (Wildman–Crippen LogP) is 5.55. The Morgan fingerprint density at radius 3 is 2.08 bits per heavy atom. The number of benzene rings is 3. The van der Waals surface area contributed by atoms with Crippen LogP contribution in [0.5, 0.6) is 0 Å². The van der Waals surface area contributed by atoms with Gasteiger partial charge in [-0.1, -0.05) is 31.1 Å². The number of aromatic nitrogens is 1. The van der Waals surface area contributed by atoms with Crippen molar-refractivity contribution in [3.05, 3.63) is 112 Å². The normalized spacial score (nSPS) is 12.9. The molecule has 0 saturated heterocycles. The second-order valence-corrected chi connectivity index (χ2v) is 9.72. The van der Waals surface area contributed by atoms with Crippen molar-refractivity contribution in [1.29, 1.82) is 0 Å². The second kappa shape index (κ2) is 11.6. The topological polar surface area (TPSA) is 84.4 Å². The van der Waals surface area contributed by atoms with E-state index in [1.54, 1.807) is 12.1 Å². The number of hydrogen-bond donors (Lipinski definition) is 3. The van der Waals surface area contributed by atoms with Crippen LogP contribution in [0.3, 0.4) is 0 Å². The molecule has 40 heavy (non-hydrogen) atoms. The first kappa shape index (κ1) is 27.0. The molecule has 2 aliphatic rings. The summed E-state index contributed by atoms with van der Waals surface area (Å²) in [5, 5.41) is 16.1. The zero-order valence-electron chi connectivity index (χ0n) is 22.5. The van der Waals surface area contributed by atoms with Crippen molar-refractivity contribution in [2.45, 2.75) is 33.9 Å². The minimum absolute atomic E-state index is 0.194. The summed E-state index contributed by atoms with van der Waals surface area (Å²) in [4.78, 5) is 11.2. The van der Waals surface area contributed by atoms with Crippen LogP contribution in [0, 0.1) is 27.0 Å². The van der Waals surface area contributed by atoms with E-state index in [0.717, 1.165) is 33.7 Å². The molecule has 0 saturated carbocycles. The summed E-state index contributed by atoms with van der Waals surface area (Å²) < 4.78 is 10.8. The van der Waals surface area contributed by atoms with Gasteiger partial charge in [0.15, 0.2) is 5.69 Å². The molecule has 0 amide bonds. The van der Waals surface area contributed by atoms with E-state index < -0.39 is 7.12 Å². The number of nitrogens with one attached hydrogen (secondary N) is 2. The van der Waals surface area contributed by atoms with Crippen molar-refractivity contribution >= 4 is 59.2 Å². The van der Waals surface area contributed by atoms with E-state index in [-0.39, 0.29) is 6.92 Å². The van der Waals surface area contributed by atoms with Crippen LogP contribution in [0.1, 0.15) is 22.4 Å². The third kappa shape index (κ3) is 5.85. The standard InChI is InChI=1S/C16H15BN2O.C14H12BN3O2/c1-11-8-13(5-7-16(11)18-3)19-14-4-6-15-12(9-14)10-20-17(15)2;1-9-13(16-2)5-6-14(17-9)18-11-3-4-12-10(7-11)8-20-15(12)19/h4-9,19H,10H2,1-2H3;3-7,19H,8H2,1H3,(H,17,18). The molecule has 10 heteroatoms. The van der Waals surface area contributed by atoms with Crippen molar-refractivity contribution in [1.82, 2.24) is 4.98 Å². The van der Waals surface area contributed by atoms with E-state index in [2.05, 4.69) is 50.3 Å².